The minimum atomic E-state index is -0.731. The van der Waals surface area contributed by atoms with Crippen LogP contribution in [0.2, 0.25) is 0 Å². The molecule has 4 aliphatic heterocycles. The highest BCUT2D eigenvalue weighted by molar-refractivity contribution is 5.84. The molecule has 0 aliphatic carbocycles. The van der Waals surface area contributed by atoms with Crippen molar-refractivity contribution in [3.05, 3.63) is 0 Å². The van der Waals surface area contributed by atoms with Crippen molar-refractivity contribution in [3.63, 3.8) is 0 Å². The van der Waals surface area contributed by atoms with Crippen LogP contribution in [0.4, 0.5) is 0 Å². The monoisotopic (exact) mass is 329 g/mol. The highest BCUT2D eigenvalue weighted by atomic mass is 16.8. The fourth-order valence-corrected chi connectivity index (χ4v) is 3.82. The van der Waals surface area contributed by atoms with Gasteiger partial charge in [-0.15, -0.1) is 0 Å². The van der Waals surface area contributed by atoms with Gasteiger partial charge in [0.2, 0.25) is 5.91 Å². The lowest BCUT2D eigenvalue weighted by atomic mass is 10.1. The second-order valence-corrected chi connectivity index (χ2v) is 6.76. The number of carbonyl (C=O) groups excluding carboxylic acids is 1. The predicted molar refractivity (Wildman–Crippen MR) is 76.2 cm³/mol. The van der Waals surface area contributed by atoms with Crippen molar-refractivity contribution in [2.45, 2.75) is 62.7 Å². The van der Waals surface area contributed by atoms with Crippen LogP contribution in [0.1, 0.15) is 13.8 Å². The fraction of sp³-hybridized carbons (Fsp3) is 0.923. The van der Waals surface area contributed by atoms with Crippen molar-refractivity contribution < 1.29 is 24.1 Å². The van der Waals surface area contributed by atoms with Gasteiger partial charge in [0.05, 0.1) is 19.4 Å². The summed E-state index contributed by atoms with van der Waals surface area (Å²) in [5.41, 5.74) is 5.81. The molecule has 0 spiro atoms. The van der Waals surface area contributed by atoms with E-state index in [1.54, 1.807) is 0 Å². The molecule has 130 valence electrons. The molecule has 4 heterocycles. The Morgan fingerprint density at radius 3 is 2.87 bits per heavy atom. The highest BCUT2D eigenvalue weighted by Gasteiger charge is 2.59. The van der Waals surface area contributed by atoms with Crippen LogP contribution in [0.25, 0.3) is 0 Å². The SMILES string of the molecule is CC1(C)O[C@@H]2[C@H](O1)[C@@H](CO)O[C@H]2N1CNC2C(=O)NC(N)NC21. The van der Waals surface area contributed by atoms with E-state index >= 15 is 0 Å². The van der Waals surface area contributed by atoms with Gasteiger partial charge in [0.1, 0.15) is 36.9 Å². The number of nitrogens with one attached hydrogen (secondary N) is 3. The molecule has 4 aliphatic rings. The van der Waals surface area contributed by atoms with Crippen LogP contribution in [0.3, 0.4) is 0 Å². The van der Waals surface area contributed by atoms with Gasteiger partial charge in [-0.3, -0.25) is 21.2 Å². The Bertz CT molecular complexity index is 505. The minimum absolute atomic E-state index is 0.152. The third kappa shape index (κ3) is 2.46. The Morgan fingerprint density at radius 1 is 1.39 bits per heavy atom. The molecule has 0 bridgehead atoms. The lowest BCUT2D eigenvalue weighted by Crippen LogP contribution is -2.71. The maximum Gasteiger partial charge on any atom is 0.242 e. The molecule has 4 saturated heterocycles. The second kappa shape index (κ2) is 5.33. The number of hydrogen-bond donors (Lipinski definition) is 5. The fourth-order valence-electron chi connectivity index (χ4n) is 3.82. The Labute approximate surface area is 133 Å². The summed E-state index contributed by atoms with van der Waals surface area (Å²) in [5.74, 6) is -0.883. The molecule has 0 radical (unpaired) electrons. The minimum Gasteiger partial charge on any atom is -0.394 e. The van der Waals surface area contributed by atoms with Gasteiger partial charge in [-0.2, -0.15) is 0 Å². The first-order valence-corrected chi connectivity index (χ1v) is 7.83. The topological polar surface area (TPSA) is 130 Å². The van der Waals surface area contributed by atoms with Gasteiger partial charge in [-0.1, -0.05) is 0 Å². The van der Waals surface area contributed by atoms with Crippen molar-refractivity contribution in [3.8, 4) is 0 Å². The maximum absolute atomic E-state index is 12.0. The van der Waals surface area contributed by atoms with Gasteiger partial charge < -0.3 is 24.6 Å². The molecule has 6 N–H and O–H groups in total. The molecular weight excluding hydrogens is 306 g/mol. The Morgan fingerprint density at radius 2 is 2.13 bits per heavy atom. The molecule has 0 aromatic carbocycles. The van der Waals surface area contributed by atoms with Crippen molar-refractivity contribution >= 4 is 5.91 Å². The number of carbonyl (C=O) groups is 1. The van der Waals surface area contributed by atoms with E-state index in [0.29, 0.717) is 6.67 Å². The van der Waals surface area contributed by atoms with E-state index in [-0.39, 0.29) is 30.9 Å². The summed E-state index contributed by atoms with van der Waals surface area (Å²) >= 11 is 0. The number of nitrogens with zero attached hydrogens (tertiary/aromatic N) is 1. The Kier molecular flexibility index (Phi) is 3.63. The average molecular weight is 329 g/mol. The standard InChI is InChI=1S/C13H23N5O5/c1-13(2)22-7-5(3-19)21-11(8(7)23-13)18-4-15-6-9(18)16-12(14)17-10(6)20/h5-9,11-12,15-16,19H,3-4,14H2,1-2H3,(H,17,20)/t5-,6?,7-,8-,9?,11-,12?/m1/s1. The molecule has 0 aromatic rings. The molecule has 10 nitrogen and oxygen atoms in total. The van der Waals surface area contributed by atoms with E-state index in [9.17, 15) is 9.90 Å². The molecule has 3 unspecified atom stereocenters. The van der Waals surface area contributed by atoms with Crippen molar-refractivity contribution in [2.75, 3.05) is 13.3 Å². The Balaban J connectivity index is 1.57. The summed E-state index contributed by atoms with van der Waals surface area (Å²) < 4.78 is 17.8. The predicted octanol–water partition coefficient (Wildman–Crippen LogP) is -3.26. The second-order valence-electron chi connectivity index (χ2n) is 6.76. The molecule has 4 rings (SSSR count). The summed E-state index contributed by atoms with van der Waals surface area (Å²) in [7, 11) is 0. The number of aliphatic hydroxyl groups excluding tert-OH is 1. The largest absolute Gasteiger partial charge is 0.394 e. The van der Waals surface area contributed by atoms with E-state index in [1.807, 2.05) is 18.7 Å². The quantitative estimate of drug-likeness (QED) is 0.354. The molecule has 23 heavy (non-hydrogen) atoms. The first-order chi connectivity index (χ1) is 10.9. The van der Waals surface area contributed by atoms with E-state index in [4.69, 9.17) is 19.9 Å². The molecule has 1 amide bonds. The number of rotatable bonds is 2. The normalized spacial score (nSPS) is 49.0. The van der Waals surface area contributed by atoms with Crippen LogP contribution in [-0.2, 0) is 19.0 Å². The molecular formula is C13H23N5O5. The molecule has 4 fully saturated rings. The van der Waals surface area contributed by atoms with E-state index in [2.05, 4.69) is 16.0 Å². The first kappa shape index (κ1) is 15.7. The zero-order valence-electron chi connectivity index (χ0n) is 13.1. The van der Waals surface area contributed by atoms with Crippen LogP contribution >= 0.6 is 0 Å². The molecule has 7 atom stereocenters. The van der Waals surface area contributed by atoms with E-state index < -0.39 is 30.5 Å². The van der Waals surface area contributed by atoms with Gasteiger partial charge >= 0.3 is 0 Å². The summed E-state index contributed by atoms with van der Waals surface area (Å²) in [6.07, 6.45) is -2.51. The van der Waals surface area contributed by atoms with Crippen LogP contribution < -0.4 is 21.7 Å². The summed E-state index contributed by atoms with van der Waals surface area (Å²) in [4.78, 5) is 14.0. The smallest absolute Gasteiger partial charge is 0.242 e. The zero-order chi connectivity index (χ0) is 16.4. The van der Waals surface area contributed by atoms with E-state index in [1.165, 1.54) is 0 Å². The van der Waals surface area contributed by atoms with Crippen LogP contribution in [0.15, 0.2) is 0 Å². The number of amides is 1. The van der Waals surface area contributed by atoms with Crippen molar-refractivity contribution in [2.24, 2.45) is 5.73 Å². The lowest BCUT2D eigenvalue weighted by molar-refractivity contribution is -0.212. The number of fused-ring (bicyclic) bond motifs is 2. The lowest BCUT2D eigenvalue weighted by Gasteiger charge is -2.38. The average Bonchev–Trinajstić information content (AvgIpc) is 3.09. The van der Waals surface area contributed by atoms with E-state index in [0.717, 1.165) is 0 Å². The van der Waals surface area contributed by atoms with Crippen LogP contribution in [0, 0.1) is 0 Å². The van der Waals surface area contributed by atoms with Crippen molar-refractivity contribution in [1.82, 2.24) is 20.9 Å². The first-order valence-electron chi connectivity index (χ1n) is 7.83. The third-order valence-electron chi connectivity index (χ3n) is 4.73. The molecule has 0 saturated carbocycles. The molecule has 0 aromatic heterocycles. The number of ether oxygens (including phenoxy) is 3. The number of aliphatic hydroxyl groups is 1. The van der Waals surface area contributed by atoms with Gasteiger partial charge in [0.15, 0.2) is 5.79 Å². The number of hydrogen-bond acceptors (Lipinski definition) is 9. The van der Waals surface area contributed by atoms with Gasteiger partial charge in [-0.25, -0.2) is 4.90 Å². The summed E-state index contributed by atoms with van der Waals surface area (Å²) in [6.45, 7) is 3.96. The zero-order valence-corrected chi connectivity index (χ0v) is 13.1. The third-order valence-corrected chi connectivity index (χ3v) is 4.73. The molecule has 10 heteroatoms. The summed E-state index contributed by atoms with van der Waals surface area (Å²) in [6, 6.07) is -0.416. The van der Waals surface area contributed by atoms with Gasteiger partial charge in [0.25, 0.3) is 0 Å². The number of nitrogens with two attached hydrogens (primary N) is 1. The maximum atomic E-state index is 12.0. The summed E-state index contributed by atoms with van der Waals surface area (Å²) in [5, 5.41) is 18.5. The van der Waals surface area contributed by atoms with Gasteiger partial charge in [-0.05, 0) is 13.8 Å². The van der Waals surface area contributed by atoms with Gasteiger partial charge in [0, 0.05) is 0 Å². The van der Waals surface area contributed by atoms with Crippen molar-refractivity contribution in [1.29, 1.82) is 0 Å². The van der Waals surface area contributed by atoms with Crippen LogP contribution in [0.5, 0.6) is 0 Å². The Hall–Kier alpha value is -0.850. The highest BCUT2D eigenvalue weighted by Crippen LogP contribution is 2.40. The van der Waals surface area contributed by atoms with Crippen LogP contribution in [-0.4, -0.2) is 78.0 Å².